The topological polar surface area (TPSA) is 82.8 Å². The number of primary amides is 1. The van der Waals surface area contributed by atoms with Crippen molar-refractivity contribution in [2.24, 2.45) is 5.73 Å². The summed E-state index contributed by atoms with van der Waals surface area (Å²) in [7, 11) is 1.67. The zero-order valence-corrected chi connectivity index (χ0v) is 11.0. The van der Waals surface area contributed by atoms with Crippen LogP contribution in [0.2, 0.25) is 0 Å². The quantitative estimate of drug-likeness (QED) is 0.469. The van der Waals surface area contributed by atoms with Gasteiger partial charge in [-0.3, -0.25) is 4.79 Å². The number of carbonyl (C=O) groups is 1. The maximum atomic E-state index is 11.1. The smallest absolute Gasteiger partial charge is 0.236 e. The summed E-state index contributed by atoms with van der Waals surface area (Å²) in [5.41, 5.74) is 5.28. The van der Waals surface area contributed by atoms with E-state index in [1.54, 1.807) is 7.11 Å². The molecule has 1 rings (SSSR count). The van der Waals surface area contributed by atoms with E-state index in [0.717, 1.165) is 19.3 Å². The second-order valence-corrected chi connectivity index (χ2v) is 4.43. The summed E-state index contributed by atoms with van der Waals surface area (Å²) in [6.45, 7) is 2.68. The van der Waals surface area contributed by atoms with Gasteiger partial charge in [0.05, 0.1) is 19.8 Å². The molecule has 1 fully saturated rings. The van der Waals surface area contributed by atoms with Crippen LogP contribution in [0.4, 0.5) is 0 Å². The van der Waals surface area contributed by atoms with Gasteiger partial charge in [0, 0.05) is 26.4 Å². The second-order valence-electron chi connectivity index (χ2n) is 4.43. The Hall–Kier alpha value is -0.690. The minimum Gasteiger partial charge on any atom is -0.385 e. The number of rotatable bonds is 12. The van der Waals surface area contributed by atoms with Crippen molar-refractivity contribution in [3.8, 4) is 0 Å². The van der Waals surface area contributed by atoms with Crippen LogP contribution in [0.15, 0.2) is 0 Å². The number of nitrogens with one attached hydrogen (secondary N) is 1. The van der Waals surface area contributed by atoms with Crippen LogP contribution in [-0.2, 0) is 19.0 Å². The lowest BCUT2D eigenvalue weighted by molar-refractivity contribution is -0.121. The third kappa shape index (κ3) is 7.60. The average molecular weight is 260 g/mol. The minimum atomic E-state index is -0.383. The highest BCUT2D eigenvalue weighted by atomic mass is 16.5. The fourth-order valence-electron chi connectivity index (χ4n) is 1.47. The molecule has 0 aromatic carbocycles. The van der Waals surface area contributed by atoms with Gasteiger partial charge in [-0.05, 0) is 19.3 Å². The zero-order chi connectivity index (χ0) is 13.2. The van der Waals surface area contributed by atoms with E-state index < -0.39 is 0 Å². The fraction of sp³-hybridized carbons (Fsp3) is 0.917. The van der Waals surface area contributed by atoms with Crippen molar-refractivity contribution in [1.29, 1.82) is 0 Å². The van der Waals surface area contributed by atoms with E-state index in [1.807, 2.05) is 0 Å². The first-order valence-corrected chi connectivity index (χ1v) is 6.44. The van der Waals surface area contributed by atoms with E-state index in [4.69, 9.17) is 19.9 Å². The van der Waals surface area contributed by atoms with Gasteiger partial charge < -0.3 is 25.3 Å². The summed E-state index contributed by atoms with van der Waals surface area (Å²) in [6.07, 6.45) is 3.11. The van der Waals surface area contributed by atoms with Gasteiger partial charge in [-0.25, -0.2) is 0 Å². The van der Waals surface area contributed by atoms with Crippen LogP contribution in [0.25, 0.3) is 0 Å². The maximum Gasteiger partial charge on any atom is 0.236 e. The normalized spacial score (nSPS) is 16.7. The molecule has 6 heteroatoms. The Balaban J connectivity index is 1.92. The van der Waals surface area contributed by atoms with Crippen LogP contribution in [0.5, 0.6) is 0 Å². The van der Waals surface area contributed by atoms with Crippen molar-refractivity contribution >= 4 is 5.91 Å². The first kappa shape index (κ1) is 15.4. The van der Waals surface area contributed by atoms with Crippen molar-refractivity contribution in [2.75, 3.05) is 40.1 Å². The lowest BCUT2D eigenvalue weighted by Crippen LogP contribution is -2.45. The molecule has 1 atom stereocenters. The van der Waals surface area contributed by atoms with Crippen LogP contribution in [0.3, 0.4) is 0 Å². The largest absolute Gasteiger partial charge is 0.385 e. The zero-order valence-electron chi connectivity index (χ0n) is 11.0. The molecule has 6 nitrogen and oxygen atoms in total. The van der Waals surface area contributed by atoms with Crippen molar-refractivity contribution in [1.82, 2.24) is 5.32 Å². The maximum absolute atomic E-state index is 11.1. The molecule has 1 amide bonds. The molecule has 1 aliphatic carbocycles. The molecule has 1 aliphatic rings. The number of hydrogen-bond acceptors (Lipinski definition) is 5. The van der Waals surface area contributed by atoms with Crippen LogP contribution >= 0.6 is 0 Å². The van der Waals surface area contributed by atoms with Crippen molar-refractivity contribution in [3.63, 3.8) is 0 Å². The molecule has 0 aliphatic heterocycles. The molecular weight excluding hydrogens is 236 g/mol. The summed E-state index contributed by atoms with van der Waals surface area (Å²) < 4.78 is 15.6. The van der Waals surface area contributed by atoms with E-state index in [2.05, 4.69) is 5.32 Å². The second kappa shape index (κ2) is 9.27. The Morgan fingerprint density at radius 3 is 2.61 bits per heavy atom. The first-order chi connectivity index (χ1) is 8.74. The highest BCUT2D eigenvalue weighted by molar-refractivity contribution is 5.80. The first-order valence-electron chi connectivity index (χ1n) is 6.44. The van der Waals surface area contributed by atoms with E-state index in [-0.39, 0.29) is 11.9 Å². The highest BCUT2D eigenvalue weighted by Crippen LogP contribution is 2.19. The monoisotopic (exact) mass is 260 g/mol. The van der Waals surface area contributed by atoms with Gasteiger partial charge in [0.2, 0.25) is 5.91 Å². The molecule has 0 aromatic heterocycles. The van der Waals surface area contributed by atoms with Crippen molar-refractivity contribution < 1.29 is 19.0 Å². The molecule has 106 valence electrons. The molecule has 0 spiro atoms. The molecule has 1 saturated carbocycles. The predicted molar refractivity (Wildman–Crippen MR) is 67.3 cm³/mol. The Morgan fingerprint density at radius 1 is 1.28 bits per heavy atom. The van der Waals surface area contributed by atoms with Gasteiger partial charge in [-0.2, -0.15) is 0 Å². The van der Waals surface area contributed by atoms with Crippen LogP contribution in [0.1, 0.15) is 19.3 Å². The Kier molecular flexibility index (Phi) is 7.91. The van der Waals surface area contributed by atoms with E-state index in [9.17, 15) is 4.79 Å². The lowest BCUT2D eigenvalue weighted by atomic mass is 10.3. The third-order valence-electron chi connectivity index (χ3n) is 2.65. The Morgan fingerprint density at radius 2 is 2.00 bits per heavy atom. The molecule has 0 saturated heterocycles. The van der Waals surface area contributed by atoms with Gasteiger partial charge in [-0.15, -0.1) is 0 Å². The van der Waals surface area contributed by atoms with Gasteiger partial charge in [0.1, 0.15) is 6.04 Å². The van der Waals surface area contributed by atoms with Crippen molar-refractivity contribution in [2.45, 2.75) is 31.3 Å². The summed E-state index contributed by atoms with van der Waals surface area (Å²) in [5, 5.41) is 3.15. The lowest BCUT2D eigenvalue weighted by Gasteiger charge is -2.15. The molecule has 0 bridgehead atoms. The molecule has 18 heavy (non-hydrogen) atoms. The number of nitrogens with two attached hydrogens (primary N) is 1. The van der Waals surface area contributed by atoms with Crippen LogP contribution < -0.4 is 11.1 Å². The Bertz CT molecular complexity index is 234. The summed E-state index contributed by atoms with van der Waals surface area (Å²) in [4.78, 5) is 11.1. The third-order valence-corrected chi connectivity index (χ3v) is 2.65. The van der Waals surface area contributed by atoms with E-state index >= 15 is 0 Å². The minimum absolute atomic E-state index is 0.313. The number of carbonyl (C=O) groups excluding carboxylic acids is 1. The molecule has 0 heterocycles. The predicted octanol–water partition coefficient (Wildman–Crippen LogP) is -0.338. The van der Waals surface area contributed by atoms with Crippen LogP contribution in [0, 0.1) is 0 Å². The molecule has 1 unspecified atom stereocenters. The van der Waals surface area contributed by atoms with E-state index in [0.29, 0.717) is 39.1 Å². The number of amides is 1. The number of hydrogen-bond donors (Lipinski definition) is 2. The molecule has 3 N–H and O–H groups in total. The van der Waals surface area contributed by atoms with Crippen molar-refractivity contribution in [3.05, 3.63) is 0 Å². The SMILES string of the molecule is COCCCOCCOCC(NC1CC1)C(N)=O. The standard InChI is InChI=1S/C12H24N2O4/c1-16-5-2-6-17-7-8-18-9-11(12(13)15)14-10-3-4-10/h10-11,14H,2-9H2,1H3,(H2,13,15). The van der Waals surface area contributed by atoms with Gasteiger partial charge in [0.25, 0.3) is 0 Å². The Labute approximate surface area is 108 Å². The van der Waals surface area contributed by atoms with Gasteiger partial charge >= 0.3 is 0 Å². The number of ether oxygens (including phenoxy) is 3. The van der Waals surface area contributed by atoms with Gasteiger partial charge in [-0.1, -0.05) is 0 Å². The summed E-state index contributed by atoms with van der Waals surface area (Å²) in [5.74, 6) is -0.358. The number of methoxy groups -OCH3 is 1. The summed E-state index contributed by atoms with van der Waals surface area (Å²) >= 11 is 0. The van der Waals surface area contributed by atoms with Gasteiger partial charge in [0.15, 0.2) is 0 Å². The molecule has 0 radical (unpaired) electrons. The highest BCUT2D eigenvalue weighted by Gasteiger charge is 2.27. The average Bonchev–Trinajstić information content (AvgIpc) is 3.14. The van der Waals surface area contributed by atoms with E-state index in [1.165, 1.54) is 0 Å². The van der Waals surface area contributed by atoms with Crippen LogP contribution in [-0.4, -0.2) is 58.1 Å². The molecular formula is C12H24N2O4. The fourth-order valence-corrected chi connectivity index (χ4v) is 1.47. The summed E-state index contributed by atoms with van der Waals surface area (Å²) in [6, 6.07) is 0.0578. The molecule has 0 aromatic rings.